The highest BCUT2D eigenvalue weighted by Gasteiger charge is 2.25. The van der Waals surface area contributed by atoms with Crippen LogP contribution < -0.4 is 15.0 Å². The summed E-state index contributed by atoms with van der Waals surface area (Å²) in [6.07, 6.45) is 4.18. The number of aryl methyl sites for hydroxylation is 1. The van der Waals surface area contributed by atoms with Gasteiger partial charge in [-0.1, -0.05) is 53.5 Å². The number of hydrogen-bond donors (Lipinski definition) is 0. The summed E-state index contributed by atoms with van der Waals surface area (Å²) in [6.45, 7) is 2.19. The van der Waals surface area contributed by atoms with Gasteiger partial charge in [-0.05, 0) is 31.9 Å². The number of fused-ring (bicyclic) bond motifs is 2. The molecule has 0 N–H and O–H groups in total. The standard InChI is InChI=1S/C24H22N4O4S/c1-14-5-4-6-15(9-14)22-26-21(32-27-22)12-33-24-25-18-11-20-19(30-13-31-20)10-17(18)23(29)28(24)16-7-2-3-8-16/h4-6,9-11,16H,2-3,7-8,12-13H2,1H3. The molecule has 2 aromatic heterocycles. The molecule has 9 heteroatoms. The molecule has 1 fully saturated rings. The zero-order chi connectivity index (χ0) is 22.4. The fourth-order valence-electron chi connectivity index (χ4n) is 4.50. The van der Waals surface area contributed by atoms with Gasteiger partial charge in [-0.25, -0.2) is 4.98 Å². The number of aromatic nitrogens is 4. The first kappa shape index (κ1) is 20.3. The second-order valence-corrected chi connectivity index (χ2v) is 9.34. The summed E-state index contributed by atoms with van der Waals surface area (Å²) in [5, 5.41) is 5.34. The van der Waals surface area contributed by atoms with E-state index in [1.165, 1.54) is 11.8 Å². The van der Waals surface area contributed by atoms with Crippen LogP contribution >= 0.6 is 11.8 Å². The van der Waals surface area contributed by atoms with Gasteiger partial charge in [0, 0.05) is 17.7 Å². The third-order valence-corrected chi connectivity index (χ3v) is 7.06. The van der Waals surface area contributed by atoms with Crippen LogP contribution in [-0.4, -0.2) is 26.5 Å². The van der Waals surface area contributed by atoms with Crippen LogP contribution in [0, 0.1) is 6.92 Å². The van der Waals surface area contributed by atoms with Gasteiger partial charge in [0.1, 0.15) is 0 Å². The van der Waals surface area contributed by atoms with E-state index < -0.39 is 0 Å². The Bertz CT molecular complexity index is 1410. The van der Waals surface area contributed by atoms with Gasteiger partial charge in [0.05, 0.1) is 16.7 Å². The van der Waals surface area contributed by atoms with Gasteiger partial charge in [0.15, 0.2) is 16.7 Å². The highest BCUT2D eigenvalue weighted by Crippen LogP contribution is 2.37. The van der Waals surface area contributed by atoms with Crippen molar-refractivity contribution in [2.45, 2.75) is 49.6 Å². The topological polar surface area (TPSA) is 92.3 Å². The van der Waals surface area contributed by atoms with Gasteiger partial charge in [0.25, 0.3) is 5.56 Å². The monoisotopic (exact) mass is 462 g/mol. The van der Waals surface area contributed by atoms with Crippen LogP contribution in [0.3, 0.4) is 0 Å². The van der Waals surface area contributed by atoms with Gasteiger partial charge in [-0.3, -0.25) is 9.36 Å². The molecule has 1 aliphatic heterocycles. The quantitative estimate of drug-likeness (QED) is 0.306. The Labute approximate surface area is 193 Å². The van der Waals surface area contributed by atoms with Crippen LogP contribution in [0.1, 0.15) is 43.2 Å². The largest absolute Gasteiger partial charge is 0.454 e. The third kappa shape index (κ3) is 3.76. The lowest BCUT2D eigenvalue weighted by atomic mass is 10.1. The normalized spacial score (nSPS) is 15.5. The van der Waals surface area contributed by atoms with E-state index in [0.717, 1.165) is 36.8 Å². The molecule has 0 unspecified atom stereocenters. The van der Waals surface area contributed by atoms with Crippen molar-refractivity contribution < 1.29 is 14.0 Å². The summed E-state index contributed by atoms with van der Waals surface area (Å²) >= 11 is 1.44. The Balaban J connectivity index is 1.35. The van der Waals surface area contributed by atoms with Crippen molar-refractivity contribution in [2.75, 3.05) is 6.79 Å². The Kier molecular flexibility index (Phi) is 5.05. The molecule has 0 bridgehead atoms. The molecule has 1 saturated carbocycles. The molecule has 33 heavy (non-hydrogen) atoms. The SMILES string of the molecule is Cc1cccc(-c2noc(CSc3nc4cc5c(cc4c(=O)n3C3CCCC3)OCO5)n2)c1. The number of thioether (sulfide) groups is 1. The first-order chi connectivity index (χ1) is 16.2. The molecule has 0 saturated heterocycles. The van der Waals surface area contributed by atoms with Gasteiger partial charge in [-0.15, -0.1) is 0 Å². The lowest BCUT2D eigenvalue weighted by molar-refractivity contribution is 0.174. The molecule has 4 aromatic rings. The number of rotatable bonds is 5. The van der Waals surface area contributed by atoms with E-state index in [1.807, 2.05) is 35.8 Å². The maximum atomic E-state index is 13.5. The van der Waals surface area contributed by atoms with E-state index in [9.17, 15) is 4.79 Å². The number of nitrogens with zero attached hydrogens (tertiary/aromatic N) is 4. The van der Waals surface area contributed by atoms with E-state index in [4.69, 9.17) is 19.0 Å². The first-order valence-corrected chi connectivity index (χ1v) is 12.0. The molecule has 0 radical (unpaired) electrons. The maximum absolute atomic E-state index is 13.5. The van der Waals surface area contributed by atoms with Crippen molar-refractivity contribution in [2.24, 2.45) is 0 Å². The van der Waals surface area contributed by atoms with Crippen molar-refractivity contribution in [3.63, 3.8) is 0 Å². The molecular formula is C24H22N4O4S. The molecule has 0 atom stereocenters. The molecule has 168 valence electrons. The van der Waals surface area contributed by atoms with E-state index in [0.29, 0.717) is 45.0 Å². The van der Waals surface area contributed by atoms with Crippen molar-refractivity contribution in [3.8, 4) is 22.9 Å². The molecule has 3 heterocycles. The third-order valence-electron chi connectivity index (χ3n) is 6.12. The van der Waals surface area contributed by atoms with Gasteiger partial charge >= 0.3 is 0 Å². The summed E-state index contributed by atoms with van der Waals surface area (Å²) in [6, 6.07) is 11.7. The van der Waals surface area contributed by atoms with Crippen LogP contribution in [0.4, 0.5) is 0 Å². The minimum atomic E-state index is -0.0429. The molecule has 6 rings (SSSR count). The lowest BCUT2D eigenvalue weighted by Crippen LogP contribution is -2.26. The van der Waals surface area contributed by atoms with Gasteiger partial charge in [-0.2, -0.15) is 4.98 Å². The highest BCUT2D eigenvalue weighted by atomic mass is 32.2. The van der Waals surface area contributed by atoms with Crippen molar-refractivity contribution in [1.82, 2.24) is 19.7 Å². The van der Waals surface area contributed by atoms with Crippen LogP contribution in [0.15, 0.2) is 50.9 Å². The molecule has 0 spiro atoms. The molecule has 8 nitrogen and oxygen atoms in total. The second kappa shape index (κ2) is 8.22. The summed E-state index contributed by atoms with van der Waals surface area (Å²) in [7, 11) is 0. The minimum Gasteiger partial charge on any atom is -0.454 e. The Morgan fingerprint density at radius 1 is 1.09 bits per heavy atom. The predicted molar refractivity (Wildman–Crippen MR) is 124 cm³/mol. The van der Waals surface area contributed by atoms with E-state index >= 15 is 0 Å². The maximum Gasteiger partial charge on any atom is 0.262 e. The lowest BCUT2D eigenvalue weighted by Gasteiger charge is -2.18. The van der Waals surface area contributed by atoms with Crippen LogP contribution in [0.5, 0.6) is 11.5 Å². The molecular weight excluding hydrogens is 440 g/mol. The van der Waals surface area contributed by atoms with Gasteiger partial charge in [0.2, 0.25) is 18.5 Å². The number of benzene rings is 2. The van der Waals surface area contributed by atoms with Crippen molar-refractivity contribution >= 4 is 22.7 Å². The highest BCUT2D eigenvalue weighted by molar-refractivity contribution is 7.98. The van der Waals surface area contributed by atoms with Crippen molar-refractivity contribution in [1.29, 1.82) is 0 Å². The molecule has 2 aromatic carbocycles. The van der Waals surface area contributed by atoms with Crippen LogP contribution in [0.2, 0.25) is 0 Å². The summed E-state index contributed by atoms with van der Waals surface area (Å²) in [5.74, 6) is 2.68. The Morgan fingerprint density at radius 3 is 2.73 bits per heavy atom. The zero-order valence-electron chi connectivity index (χ0n) is 18.1. The average Bonchev–Trinajstić information content (AvgIpc) is 3.58. The van der Waals surface area contributed by atoms with Crippen molar-refractivity contribution in [3.05, 3.63) is 58.2 Å². The fraction of sp³-hybridized carbons (Fsp3) is 0.333. The Hall–Kier alpha value is -3.33. The summed E-state index contributed by atoms with van der Waals surface area (Å²) in [5.41, 5.74) is 2.61. The minimum absolute atomic E-state index is 0.0429. The summed E-state index contributed by atoms with van der Waals surface area (Å²) < 4.78 is 18.3. The zero-order valence-corrected chi connectivity index (χ0v) is 18.9. The van der Waals surface area contributed by atoms with E-state index in [2.05, 4.69) is 10.1 Å². The van der Waals surface area contributed by atoms with E-state index in [1.54, 1.807) is 12.1 Å². The van der Waals surface area contributed by atoms with Crippen LogP contribution in [-0.2, 0) is 5.75 Å². The molecule has 0 amide bonds. The molecule has 1 aliphatic carbocycles. The Morgan fingerprint density at radius 2 is 1.91 bits per heavy atom. The number of ether oxygens (including phenoxy) is 2. The smallest absolute Gasteiger partial charge is 0.262 e. The van der Waals surface area contributed by atoms with Crippen LogP contribution in [0.25, 0.3) is 22.3 Å². The average molecular weight is 463 g/mol. The molecule has 2 aliphatic rings. The van der Waals surface area contributed by atoms with Gasteiger partial charge < -0.3 is 14.0 Å². The second-order valence-electron chi connectivity index (χ2n) is 8.40. The first-order valence-electron chi connectivity index (χ1n) is 11.0. The fourth-order valence-corrected chi connectivity index (χ4v) is 5.40. The summed E-state index contributed by atoms with van der Waals surface area (Å²) in [4.78, 5) is 22.9. The predicted octanol–water partition coefficient (Wildman–Crippen LogP) is 4.89. The van der Waals surface area contributed by atoms with E-state index in [-0.39, 0.29) is 18.4 Å². The number of hydrogen-bond acceptors (Lipinski definition) is 8.